The Kier molecular flexibility index (Phi) is 76.9. The van der Waals surface area contributed by atoms with Crippen molar-refractivity contribution in [2.24, 2.45) is 0 Å². The third kappa shape index (κ3) is 76.8. The quantitative estimate of drug-likeness (QED) is 0.449. The summed E-state index contributed by atoms with van der Waals surface area (Å²) in [5.74, 6) is 0. The standard InChI is InChI=1S/C5H5.C4H10N.2C4H9.2ClH.Ti/c1-2-4-5-3-1;1-4-5(2)3;2*1-3-4-2;;;/h1-3H,4H2;1,4H2,2-3H3;2*3H,4H2,1-2H3;2*1H;/q4*-1;;;+4. The third-order valence-corrected chi connectivity index (χ3v) is 1.85. The Morgan fingerprint density at radius 1 is 1.10 bits per heavy atom. The minimum atomic E-state index is 0. The summed E-state index contributed by atoms with van der Waals surface area (Å²) < 4.78 is 0. The van der Waals surface area contributed by atoms with Crippen molar-refractivity contribution < 1.29 is 21.7 Å². The smallest absolute Gasteiger partial charge is 0.339 e. The van der Waals surface area contributed by atoms with E-state index in [0.717, 1.165) is 13.0 Å². The molecular weight excluding hydrogens is 337 g/mol. The van der Waals surface area contributed by atoms with Gasteiger partial charge in [-0.05, 0) is 14.1 Å². The van der Waals surface area contributed by atoms with Gasteiger partial charge in [-0.2, -0.15) is 32.8 Å². The molecule has 0 aromatic heterocycles. The van der Waals surface area contributed by atoms with Crippen molar-refractivity contribution in [3.8, 4) is 0 Å². The molecule has 0 atom stereocenters. The molecule has 1 nitrogen and oxygen atoms in total. The molecule has 1 rings (SSSR count). The molecule has 0 aromatic rings. The zero-order valence-electron chi connectivity index (χ0n) is 14.7. The molecule has 0 N–H and O–H groups in total. The van der Waals surface area contributed by atoms with Crippen LogP contribution < -0.4 is 0 Å². The van der Waals surface area contributed by atoms with Gasteiger partial charge in [0.25, 0.3) is 0 Å². The van der Waals surface area contributed by atoms with E-state index in [-0.39, 0.29) is 46.5 Å². The molecule has 0 aromatic carbocycles. The maximum absolute atomic E-state index is 3.61. The van der Waals surface area contributed by atoms with Crippen molar-refractivity contribution in [1.82, 2.24) is 4.90 Å². The monoisotopic (exact) mass is 371 g/mol. The molecule has 0 saturated carbocycles. The Labute approximate surface area is 162 Å². The molecule has 1 aliphatic rings. The van der Waals surface area contributed by atoms with E-state index in [0.29, 0.717) is 0 Å². The van der Waals surface area contributed by atoms with Crippen LogP contribution in [0.3, 0.4) is 0 Å². The molecule has 0 bridgehead atoms. The molecule has 21 heavy (non-hydrogen) atoms. The first kappa shape index (κ1) is 37.7. The van der Waals surface area contributed by atoms with Crippen molar-refractivity contribution in [1.29, 1.82) is 0 Å². The predicted octanol–water partition coefficient (Wildman–Crippen LogP) is 5.77. The Morgan fingerprint density at radius 2 is 1.43 bits per heavy atom. The van der Waals surface area contributed by atoms with Crippen molar-refractivity contribution in [3.63, 3.8) is 0 Å². The van der Waals surface area contributed by atoms with Crippen LogP contribution in [0.5, 0.6) is 0 Å². The van der Waals surface area contributed by atoms with Gasteiger partial charge in [0.2, 0.25) is 0 Å². The number of hydrogen-bond acceptors (Lipinski definition) is 1. The maximum atomic E-state index is 3.61. The maximum Gasteiger partial charge on any atom is 4.00 e. The third-order valence-electron chi connectivity index (χ3n) is 1.85. The van der Waals surface area contributed by atoms with E-state index < -0.39 is 0 Å². The van der Waals surface area contributed by atoms with Crippen LogP contribution in [0.2, 0.25) is 0 Å². The molecule has 0 fully saturated rings. The van der Waals surface area contributed by atoms with Gasteiger partial charge in [-0.15, -0.1) is 37.8 Å². The number of rotatable bonds is 3. The van der Waals surface area contributed by atoms with E-state index in [4.69, 9.17) is 0 Å². The average molecular weight is 372 g/mol. The second-order valence-corrected chi connectivity index (χ2v) is 3.94. The number of hydrogen-bond donors (Lipinski definition) is 0. The fourth-order valence-corrected chi connectivity index (χ4v) is 0.340. The van der Waals surface area contributed by atoms with Gasteiger partial charge < -0.3 is 24.7 Å². The van der Waals surface area contributed by atoms with Gasteiger partial charge in [-0.1, -0.05) is 13.8 Å². The van der Waals surface area contributed by atoms with Crippen molar-refractivity contribution >= 4 is 24.8 Å². The van der Waals surface area contributed by atoms with E-state index in [2.05, 4.69) is 59.6 Å². The first-order valence-electron chi connectivity index (χ1n) is 6.81. The number of nitrogens with zero attached hydrogens (tertiary/aromatic N) is 1. The zero-order chi connectivity index (χ0) is 14.6. The molecule has 4 heteroatoms. The molecule has 0 radical (unpaired) electrons. The zero-order valence-corrected chi connectivity index (χ0v) is 17.9. The average Bonchev–Trinajstić information content (AvgIpc) is 2.98. The molecule has 0 aliphatic heterocycles. The topological polar surface area (TPSA) is 3.24 Å². The molecule has 0 unspecified atom stereocenters. The summed E-state index contributed by atoms with van der Waals surface area (Å²) in [4.78, 5) is 2.01. The fourth-order valence-electron chi connectivity index (χ4n) is 0.340. The number of allylic oxidation sites excluding steroid dienone is 4. The Balaban J connectivity index is -0.0000000343. The van der Waals surface area contributed by atoms with Crippen LogP contribution in [-0.4, -0.2) is 25.5 Å². The van der Waals surface area contributed by atoms with Gasteiger partial charge in [0.1, 0.15) is 0 Å². The molecular formula is C17H35Cl2NTi. The molecule has 0 heterocycles. The second kappa shape index (κ2) is 42.8. The van der Waals surface area contributed by atoms with Gasteiger partial charge in [-0.3, -0.25) is 6.08 Å². The van der Waals surface area contributed by atoms with Crippen LogP contribution in [0.15, 0.2) is 18.2 Å². The minimum Gasteiger partial charge on any atom is -0.339 e. The summed E-state index contributed by atoms with van der Waals surface area (Å²) in [7, 11) is 3.99. The van der Waals surface area contributed by atoms with Gasteiger partial charge in [0, 0.05) is 0 Å². The van der Waals surface area contributed by atoms with Crippen LogP contribution in [0, 0.1) is 25.8 Å². The van der Waals surface area contributed by atoms with Crippen molar-refractivity contribution in [2.75, 3.05) is 20.6 Å². The van der Waals surface area contributed by atoms with Crippen LogP contribution in [0.25, 0.3) is 0 Å². The minimum absolute atomic E-state index is 0. The van der Waals surface area contributed by atoms with Crippen LogP contribution >= 0.6 is 24.8 Å². The first-order valence-corrected chi connectivity index (χ1v) is 6.81. The predicted molar refractivity (Wildman–Crippen MR) is 101 cm³/mol. The normalized spacial score (nSPS) is 9.33. The summed E-state index contributed by atoms with van der Waals surface area (Å²) >= 11 is 0. The van der Waals surface area contributed by atoms with E-state index in [1.807, 2.05) is 31.1 Å². The van der Waals surface area contributed by atoms with Gasteiger partial charge >= 0.3 is 21.7 Å². The Morgan fingerprint density at radius 3 is 1.48 bits per heavy atom. The van der Waals surface area contributed by atoms with Gasteiger partial charge in [0.05, 0.1) is 0 Å². The molecule has 0 spiro atoms. The molecule has 0 amide bonds. The Hall–Kier alpha value is 0.734. The summed E-state index contributed by atoms with van der Waals surface area (Å²) in [6.45, 7) is 12.9. The number of halogens is 2. The molecule has 126 valence electrons. The molecule has 1 aliphatic carbocycles. The largest absolute Gasteiger partial charge is 4.00 e. The Bertz CT molecular complexity index is 154. The van der Waals surface area contributed by atoms with Crippen molar-refractivity contribution in [3.05, 3.63) is 44.1 Å². The summed E-state index contributed by atoms with van der Waals surface area (Å²) in [6.07, 6.45) is 16.6. The SMILES string of the molecule is C[CH-]CC.C[CH-]CC.Cl.Cl.[C-]1=CC=CC1.[CH2-]CN(C)C.[Ti+4]. The summed E-state index contributed by atoms with van der Waals surface area (Å²) in [6, 6.07) is 0. The van der Waals surface area contributed by atoms with E-state index in [1.165, 1.54) is 12.8 Å². The first-order chi connectivity index (χ1) is 8.60. The second-order valence-electron chi connectivity index (χ2n) is 3.94. The fraction of sp³-hybridized carbons (Fsp3) is 0.588. The van der Waals surface area contributed by atoms with Crippen LogP contribution in [0.1, 0.15) is 47.0 Å². The van der Waals surface area contributed by atoms with E-state index in [1.54, 1.807) is 0 Å². The number of unbranched alkanes of at least 4 members (excludes halogenated alkanes) is 2. The van der Waals surface area contributed by atoms with Crippen LogP contribution in [-0.2, 0) is 21.7 Å². The van der Waals surface area contributed by atoms with E-state index >= 15 is 0 Å². The summed E-state index contributed by atoms with van der Waals surface area (Å²) in [5, 5.41) is 0. The molecule has 0 saturated heterocycles. The van der Waals surface area contributed by atoms with Gasteiger partial charge in [0.15, 0.2) is 0 Å². The van der Waals surface area contributed by atoms with E-state index in [9.17, 15) is 0 Å². The van der Waals surface area contributed by atoms with Crippen molar-refractivity contribution in [2.45, 2.75) is 47.0 Å². The van der Waals surface area contributed by atoms with Crippen LogP contribution in [0.4, 0.5) is 0 Å². The van der Waals surface area contributed by atoms with Gasteiger partial charge in [-0.25, -0.2) is 12.2 Å². The summed E-state index contributed by atoms with van der Waals surface area (Å²) in [5.41, 5.74) is 0.